The van der Waals surface area contributed by atoms with Crippen molar-refractivity contribution < 1.29 is 4.79 Å². The second-order valence-corrected chi connectivity index (χ2v) is 3.49. The molecule has 0 spiro atoms. The number of rotatable bonds is 3. The first-order valence-electron chi connectivity index (χ1n) is 4.92. The van der Waals surface area contributed by atoms with E-state index in [9.17, 15) is 4.79 Å². The lowest BCUT2D eigenvalue weighted by Gasteiger charge is -2.16. The van der Waals surface area contributed by atoms with E-state index in [1.165, 1.54) is 0 Å². The maximum atomic E-state index is 11.9. The summed E-state index contributed by atoms with van der Waals surface area (Å²) in [6.07, 6.45) is 0. The highest BCUT2D eigenvalue weighted by molar-refractivity contribution is 5.95. The molecule has 1 amide bonds. The van der Waals surface area contributed by atoms with Crippen LogP contribution in [0.3, 0.4) is 0 Å². The fourth-order valence-corrected chi connectivity index (χ4v) is 1.34. The Morgan fingerprint density at radius 1 is 1.53 bits per heavy atom. The Morgan fingerprint density at radius 3 is 2.67 bits per heavy atom. The van der Waals surface area contributed by atoms with Crippen molar-refractivity contribution in [3.63, 3.8) is 0 Å². The van der Waals surface area contributed by atoms with Gasteiger partial charge in [-0.25, -0.2) is 0 Å². The fourth-order valence-electron chi connectivity index (χ4n) is 1.34. The SMILES string of the molecule is CCN(C)C(=O)c1ccc(NN)cc1C. The second kappa shape index (κ2) is 4.79. The number of aryl methyl sites for hydroxylation is 1. The minimum atomic E-state index is 0.0403. The van der Waals surface area contributed by atoms with E-state index < -0.39 is 0 Å². The number of nitrogens with two attached hydrogens (primary N) is 1. The van der Waals surface area contributed by atoms with Crippen LogP contribution in [0, 0.1) is 6.92 Å². The summed E-state index contributed by atoms with van der Waals surface area (Å²) in [6, 6.07) is 5.44. The maximum absolute atomic E-state index is 11.9. The van der Waals surface area contributed by atoms with Gasteiger partial charge in [-0.05, 0) is 37.6 Å². The highest BCUT2D eigenvalue weighted by atomic mass is 16.2. The standard InChI is InChI=1S/C11H17N3O/c1-4-14(3)11(15)10-6-5-9(13-12)7-8(10)2/h5-7,13H,4,12H2,1-3H3. The molecule has 0 unspecified atom stereocenters. The number of nitrogen functional groups attached to an aromatic ring is 1. The predicted molar refractivity (Wildman–Crippen MR) is 61.6 cm³/mol. The van der Waals surface area contributed by atoms with Gasteiger partial charge in [-0.1, -0.05) is 0 Å². The summed E-state index contributed by atoms with van der Waals surface area (Å²) in [5.74, 6) is 5.33. The Kier molecular flexibility index (Phi) is 3.68. The zero-order valence-corrected chi connectivity index (χ0v) is 9.37. The van der Waals surface area contributed by atoms with Crippen LogP contribution in [0.1, 0.15) is 22.8 Å². The van der Waals surface area contributed by atoms with Gasteiger partial charge in [0, 0.05) is 24.8 Å². The average Bonchev–Trinajstić information content (AvgIpc) is 2.26. The van der Waals surface area contributed by atoms with Gasteiger partial charge >= 0.3 is 0 Å². The van der Waals surface area contributed by atoms with Gasteiger partial charge < -0.3 is 10.3 Å². The summed E-state index contributed by atoms with van der Waals surface area (Å²) in [6.45, 7) is 4.55. The summed E-state index contributed by atoms with van der Waals surface area (Å²) in [5.41, 5.74) is 5.01. The highest BCUT2D eigenvalue weighted by Crippen LogP contribution is 2.15. The Morgan fingerprint density at radius 2 is 2.20 bits per heavy atom. The van der Waals surface area contributed by atoms with Gasteiger partial charge in [0.05, 0.1) is 0 Å². The summed E-state index contributed by atoms with van der Waals surface area (Å²) < 4.78 is 0. The first-order valence-corrected chi connectivity index (χ1v) is 4.92. The Labute approximate surface area is 90.0 Å². The van der Waals surface area contributed by atoms with Gasteiger partial charge in [0.1, 0.15) is 0 Å². The summed E-state index contributed by atoms with van der Waals surface area (Å²) >= 11 is 0. The molecular formula is C11H17N3O. The molecule has 0 aliphatic heterocycles. The minimum absolute atomic E-state index is 0.0403. The molecule has 0 atom stereocenters. The second-order valence-electron chi connectivity index (χ2n) is 3.49. The number of nitrogens with one attached hydrogen (secondary N) is 1. The van der Waals surface area contributed by atoms with Crippen LogP contribution in [0.5, 0.6) is 0 Å². The molecule has 1 aromatic rings. The molecular weight excluding hydrogens is 190 g/mol. The third-order valence-corrected chi connectivity index (χ3v) is 2.44. The number of anilines is 1. The van der Waals surface area contributed by atoms with Crippen molar-refractivity contribution in [2.45, 2.75) is 13.8 Å². The molecule has 0 saturated carbocycles. The van der Waals surface area contributed by atoms with E-state index >= 15 is 0 Å². The van der Waals surface area contributed by atoms with Crippen LogP contribution in [0.15, 0.2) is 18.2 Å². The van der Waals surface area contributed by atoms with Crippen LogP contribution in [-0.4, -0.2) is 24.4 Å². The van der Waals surface area contributed by atoms with Crippen LogP contribution in [0.25, 0.3) is 0 Å². The Bertz CT molecular complexity index is 363. The number of hydrazine groups is 1. The molecule has 0 aliphatic carbocycles. The van der Waals surface area contributed by atoms with Gasteiger partial charge in [-0.15, -0.1) is 0 Å². The highest BCUT2D eigenvalue weighted by Gasteiger charge is 2.12. The van der Waals surface area contributed by atoms with Crippen molar-refractivity contribution in [3.8, 4) is 0 Å². The molecule has 15 heavy (non-hydrogen) atoms. The number of hydrogen-bond acceptors (Lipinski definition) is 3. The van der Waals surface area contributed by atoms with Crippen LogP contribution in [-0.2, 0) is 0 Å². The molecule has 82 valence electrons. The molecule has 0 saturated heterocycles. The van der Waals surface area contributed by atoms with Crippen molar-refractivity contribution in [3.05, 3.63) is 29.3 Å². The third-order valence-electron chi connectivity index (χ3n) is 2.44. The zero-order valence-electron chi connectivity index (χ0n) is 9.37. The van der Waals surface area contributed by atoms with Crippen molar-refractivity contribution >= 4 is 11.6 Å². The van der Waals surface area contributed by atoms with Crippen molar-refractivity contribution in [2.24, 2.45) is 5.84 Å². The largest absolute Gasteiger partial charge is 0.342 e. The van der Waals surface area contributed by atoms with E-state index in [-0.39, 0.29) is 5.91 Å². The van der Waals surface area contributed by atoms with Crippen molar-refractivity contribution in [2.75, 3.05) is 19.0 Å². The van der Waals surface area contributed by atoms with Crippen molar-refractivity contribution in [1.82, 2.24) is 4.90 Å². The number of carbonyl (C=O) groups excluding carboxylic acids is 1. The summed E-state index contributed by atoms with van der Waals surface area (Å²) in [7, 11) is 1.79. The summed E-state index contributed by atoms with van der Waals surface area (Å²) in [4.78, 5) is 13.5. The van der Waals surface area contributed by atoms with Crippen LogP contribution in [0.2, 0.25) is 0 Å². The lowest BCUT2D eigenvalue weighted by molar-refractivity contribution is 0.0802. The van der Waals surface area contributed by atoms with E-state index in [0.717, 1.165) is 16.8 Å². The maximum Gasteiger partial charge on any atom is 0.253 e. The minimum Gasteiger partial charge on any atom is -0.342 e. The number of hydrogen-bond donors (Lipinski definition) is 2. The van der Waals surface area contributed by atoms with E-state index in [1.807, 2.05) is 19.9 Å². The molecule has 0 fully saturated rings. The predicted octanol–water partition coefficient (Wildman–Crippen LogP) is 1.37. The molecule has 3 N–H and O–H groups in total. The number of carbonyl (C=O) groups is 1. The normalized spacial score (nSPS) is 9.87. The molecule has 0 bridgehead atoms. The number of nitrogens with zero attached hydrogens (tertiary/aromatic N) is 1. The van der Waals surface area contributed by atoms with Gasteiger partial charge in [-0.3, -0.25) is 10.6 Å². The van der Waals surface area contributed by atoms with Gasteiger partial charge in [0.2, 0.25) is 0 Å². The fraction of sp³-hybridized carbons (Fsp3) is 0.364. The van der Waals surface area contributed by atoms with E-state index in [0.29, 0.717) is 6.54 Å². The first-order chi connectivity index (χ1) is 7.10. The monoisotopic (exact) mass is 207 g/mol. The Balaban J connectivity index is 3.00. The molecule has 0 radical (unpaired) electrons. The molecule has 1 rings (SSSR count). The average molecular weight is 207 g/mol. The van der Waals surface area contributed by atoms with Crippen LogP contribution < -0.4 is 11.3 Å². The van der Waals surface area contributed by atoms with E-state index in [4.69, 9.17) is 5.84 Å². The molecule has 4 heteroatoms. The molecule has 0 heterocycles. The third kappa shape index (κ3) is 2.47. The van der Waals surface area contributed by atoms with E-state index in [1.54, 1.807) is 24.1 Å². The van der Waals surface area contributed by atoms with Crippen molar-refractivity contribution in [1.29, 1.82) is 0 Å². The zero-order chi connectivity index (χ0) is 11.4. The number of benzene rings is 1. The first kappa shape index (κ1) is 11.5. The molecule has 0 aromatic heterocycles. The molecule has 1 aromatic carbocycles. The van der Waals surface area contributed by atoms with Gasteiger partial charge in [0.15, 0.2) is 0 Å². The smallest absolute Gasteiger partial charge is 0.253 e. The number of amides is 1. The summed E-state index contributed by atoms with van der Waals surface area (Å²) in [5, 5.41) is 0. The van der Waals surface area contributed by atoms with Gasteiger partial charge in [-0.2, -0.15) is 0 Å². The lowest BCUT2D eigenvalue weighted by Crippen LogP contribution is -2.26. The molecule has 0 aliphatic rings. The molecule has 4 nitrogen and oxygen atoms in total. The van der Waals surface area contributed by atoms with Gasteiger partial charge in [0.25, 0.3) is 5.91 Å². The quantitative estimate of drug-likeness (QED) is 0.581. The van der Waals surface area contributed by atoms with Crippen LogP contribution in [0.4, 0.5) is 5.69 Å². The van der Waals surface area contributed by atoms with Crippen LogP contribution >= 0.6 is 0 Å². The Hall–Kier alpha value is -1.55. The topological polar surface area (TPSA) is 58.4 Å². The lowest BCUT2D eigenvalue weighted by atomic mass is 10.1. The van der Waals surface area contributed by atoms with E-state index in [2.05, 4.69) is 5.43 Å².